The summed E-state index contributed by atoms with van der Waals surface area (Å²) in [4.78, 5) is 11.6. The van der Waals surface area contributed by atoms with Crippen LogP contribution in [0, 0.1) is 0 Å². The molecule has 0 heterocycles. The Morgan fingerprint density at radius 1 is 1.19 bits per heavy atom. The van der Waals surface area contributed by atoms with E-state index in [4.69, 9.17) is 9.47 Å². The van der Waals surface area contributed by atoms with E-state index in [-0.39, 0.29) is 18.6 Å². The summed E-state index contributed by atoms with van der Waals surface area (Å²) in [6, 6.07) is 5.87. The fraction of sp³-hybridized carbons (Fsp3) is 0.562. The first-order valence-electron chi connectivity index (χ1n) is 7.45. The van der Waals surface area contributed by atoms with Crippen LogP contribution in [0.25, 0.3) is 0 Å². The van der Waals surface area contributed by atoms with Gasteiger partial charge in [0.25, 0.3) is 5.91 Å². The monoisotopic (exact) mass is 294 g/mol. The first-order chi connectivity index (χ1) is 10.1. The minimum atomic E-state index is -0.135. The van der Waals surface area contributed by atoms with Gasteiger partial charge in [-0.25, -0.2) is 0 Å². The van der Waals surface area contributed by atoms with Crippen molar-refractivity contribution in [2.24, 2.45) is 0 Å². The lowest BCUT2D eigenvalue weighted by atomic mass is 10.2. The van der Waals surface area contributed by atoms with Gasteiger partial charge < -0.3 is 20.1 Å². The fourth-order valence-corrected chi connectivity index (χ4v) is 1.83. The third-order valence-electron chi connectivity index (χ3n) is 2.70. The van der Waals surface area contributed by atoms with Crippen LogP contribution in [0.3, 0.4) is 0 Å². The molecule has 21 heavy (non-hydrogen) atoms. The summed E-state index contributed by atoms with van der Waals surface area (Å²) in [7, 11) is 0. The van der Waals surface area contributed by atoms with E-state index in [1.807, 2.05) is 39.0 Å². The Balaban J connectivity index is 2.69. The molecular weight excluding hydrogens is 268 g/mol. The minimum absolute atomic E-state index is 0.00912. The molecule has 0 atom stereocenters. The molecule has 0 unspecified atom stereocenters. The molecule has 5 nitrogen and oxygen atoms in total. The Morgan fingerprint density at radius 2 is 1.95 bits per heavy atom. The molecule has 0 radical (unpaired) electrons. The van der Waals surface area contributed by atoms with E-state index in [2.05, 4.69) is 17.6 Å². The van der Waals surface area contributed by atoms with Gasteiger partial charge in [0.05, 0.1) is 6.61 Å². The van der Waals surface area contributed by atoms with Gasteiger partial charge in [-0.1, -0.05) is 13.0 Å². The summed E-state index contributed by atoms with van der Waals surface area (Å²) in [5.41, 5.74) is 1.12. The number of carbonyl (C=O) groups excluding carboxylic acids is 1. The molecule has 0 fully saturated rings. The van der Waals surface area contributed by atoms with Crippen molar-refractivity contribution in [3.8, 4) is 11.5 Å². The van der Waals surface area contributed by atoms with E-state index in [9.17, 15) is 4.79 Å². The van der Waals surface area contributed by atoms with Gasteiger partial charge >= 0.3 is 0 Å². The van der Waals surface area contributed by atoms with Gasteiger partial charge in [0.2, 0.25) is 0 Å². The van der Waals surface area contributed by atoms with Crippen LogP contribution >= 0.6 is 0 Å². The summed E-state index contributed by atoms with van der Waals surface area (Å²) in [5, 5.41) is 6.05. The number of rotatable bonds is 9. The summed E-state index contributed by atoms with van der Waals surface area (Å²) >= 11 is 0. The van der Waals surface area contributed by atoms with E-state index in [0.717, 1.165) is 18.7 Å². The van der Waals surface area contributed by atoms with Crippen LogP contribution in [-0.4, -0.2) is 31.7 Å². The van der Waals surface area contributed by atoms with E-state index in [1.54, 1.807) is 0 Å². The normalized spacial score (nSPS) is 10.5. The van der Waals surface area contributed by atoms with Crippen LogP contribution in [0.1, 0.15) is 33.3 Å². The molecule has 0 aliphatic heterocycles. The van der Waals surface area contributed by atoms with Gasteiger partial charge in [0.1, 0.15) is 0 Å². The predicted molar refractivity (Wildman–Crippen MR) is 83.8 cm³/mol. The zero-order valence-corrected chi connectivity index (χ0v) is 13.4. The standard InChI is InChI=1S/C16H26N2O3/c1-5-17-10-13-7-8-14(15(9-13)20-6-2)21-11-16(19)18-12(3)4/h7-9,12,17H,5-6,10-11H2,1-4H3,(H,18,19). The predicted octanol–water partition coefficient (Wildman–Crippen LogP) is 2.10. The highest BCUT2D eigenvalue weighted by Crippen LogP contribution is 2.28. The summed E-state index contributed by atoms with van der Waals surface area (Å²) < 4.78 is 11.1. The van der Waals surface area contributed by atoms with E-state index < -0.39 is 0 Å². The molecule has 0 aliphatic rings. The Labute approximate surface area is 127 Å². The molecule has 0 aliphatic carbocycles. The average Bonchev–Trinajstić information content (AvgIpc) is 2.43. The molecule has 0 saturated heterocycles. The number of carbonyl (C=O) groups is 1. The Hall–Kier alpha value is -1.75. The smallest absolute Gasteiger partial charge is 0.258 e. The summed E-state index contributed by atoms with van der Waals surface area (Å²) in [6.45, 7) is 10.1. The molecule has 0 bridgehead atoms. The maximum absolute atomic E-state index is 11.6. The van der Waals surface area contributed by atoms with E-state index in [0.29, 0.717) is 18.1 Å². The van der Waals surface area contributed by atoms with Crippen molar-refractivity contribution in [2.75, 3.05) is 19.8 Å². The first kappa shape index (κ1) is 17.3. The van der Waals surface area contributed by atoms with Crippen LogP contribution in [0.2, 0.25) is 0 Å². The lowest BCUT2D eigenvalue weighted by molar-refractivity contribution is -0.123. The largest absolute Gasteiger partial charge is 0.490 e. The van der Waals surface area contributed by atoms with Crippen molar-refractivity contribution < 1.29 is 14.3 Å². The number of hydrogen-bond acceptors (Lipinski definition) is 4. The average molecular weight is 294 g/mol. The molecule has 2 N–H and O–H groups in total. The van der Waals surface area contributed by atoms with Crippen LogP contribution in [0.5, 0.6) is 11.5 Å². The van der Waals surface area contributed by atoms with Crippen LogP contribution in [-0.2, 0) is 11.3 Å². The zero-order valence-electron chi connectivity index (χ0n) is 13.4. The van der Waals surface area contributed by atoms with Crippen LogP contribution in [0.4, 0.5) is 0 Å². The number of benzene rings is 1. The SMILES string of the molecule is CCNCc1ccc(OCC(=O)NC(C)C)c(OCC)c1. The topological polar surface area (TPSA) is 59.6 Å². The third kappa shape index (κ3) is 6.49. The minimum Gasteiger partial charge on any atom is -0.490 e. The molecule has 5 heteroatoms. The molecule has 0 spiro atoms. The number of nitrogens with one attached hydrogen (secondary N) is 2. The van der Waals surface area contributed by atoms with Gasteiger partial charge in [0, 0.05) is 12.6 Å². The molecule has 1 aromatic rings. The Bertz CT molecular complexity index is 447. The third-order valence-corrected chi connectivity index (χ3v) is 2.70. The lowest BCUT2D eigenvalue weighted by Gasteiger charge is -2.14. The van der Waals surface area contributed by atoms with Crippen LogP contribution < -0.4 is 20.1 Å². The molecular formula is C16H26N2O3. The van der Waals surface area contributed by atoms with Crippen molar-refractivity contribution in [3.05, 3.63) is 23.8 Å². The highest BCUT2D eigenvalue weighted by atomic mass is 16.5. The van der Waals surface area contributed by atoms with Gasteiger partial charge in [-0.3, -0.25) is 4.79 Å². The number of amides is 1. The summed E-state index contributed by atoms with van der Waals surface area (Å²) in [5.74, 6) is 1.13. The van der Waals surface area contributed by atoms with Crippen molar-refractivity contribution in [3.63, 3.8) is 0 Å². The Kier molecular flexibility index (Phi) is 7.61. The molecule has 0 saturated carbocycles. The molecule has 0 aromatic heterocycles. The quantitative estimate of drug-likeness (QED) is 0.732. The van der Waals surface area contributed by atoms with E-state index in [1.165, 1.54) is 0 Å². The summed E-state index contributed by atoms with van der Waals surface area (Å²) in [6.07, 6.45) is 0. The van der Waals surface area contributed by atoms with Crippen molar-refractivity contribution in [2.45, 2.75) is 40.3 Å². The van der Waals surface area contributed by atoms with Crippen LogP contribution in [0.15, 0.2) is 18.2 Å². The molecule has 1 aromatic carbocycles. The maximum atomic E-state index is 11.6. The molecule has 1 amide bonds. The van der Waals surface area contributed by atoms with Gasteiger partial charge in [-0.05, 0) is 45.0 Å². The molecule has 1 rings (SSSR count). The van der Waals surface area contributed by atoms with Gasteiger partial charge in [-0.2, -0.15) is 0 Å². The van der Waals surface area contributed by atoms with E-state index >= 15 is 0 Å². The lowest BCUT2D eigenvalue weighted by Crippen LogP contribution is -2.34. The van der Waals surface area contributed by atoms with Crippen molar-refractivity contribution in [1.29, 1.82) is 0 Å². The second kappa shape index (κ2) is 9.23. The van der Waals surface area contributed by atoms with Gasteiger partial charge in [0.15, 0.2) is 18.1 Å². The second-order valence-corrected chi connectivity index (χ2v) is 5.01. The second-order valence-electron chi connectivity index (χ2n) is 5.01. The number of ether oxygens (including phenoxy) is 2. The van der Waals surface area contributed by atoms with Gasteiger partial charge in [-0.15, -0.1) is 0 Å². The molecule has 118 valence electrons. The highest BCUT2D eigenvalue weighted by molar-refractivity contribution is 5.77. The van der Waals surface area contributed by atoms with Crippen molar-refractivity contribution >= 4 is 5.91 Å². The van der Waals surface area contributed by atoms with Crippen molar-refractivity contribution in [1.82, 2.24) is 10.6 Å². The zero-order chi connectivity index (χ0) is 15.7. The highest BCUT2D eigenvalue weighted by Gasteiger charge is 2.09. The fourth-order valence-electron chi connectivity index (χ4n) is 1.83. The maximum Gasteiger partial charge on any atom is 0.258 e. The Morgan fingerprint density at radius 3 is 2.57 bits per heavy atom. The first-order valence-corrected chi connectivity index (χ1v) is 7.45. The number of hydrogen-bond donors (Lipinski definition) is 2.